The molecule has 1 saturated carbocycles. The molecule has 0 spiro atoms. The molecule has 4 rings (SSSR count). The van der Waals surface area contributed by atoms with Crippen molar-refractivity contribution >= 4 is 11.9 Å². The zero-order valence-corrected chi connectivity index (χ0v) is 13.1. The Kier molecular flexibility index (Phi) is 3.55. The summed E-state index contributed by atoms with van der Waals surface area (Å²) in [6, 6.07) is 5.27. The van der Waals surface area contributed by atoms with E-state index in [9.17, 15) is 14.7 Å². The first-order chi connectivity index (χ1) is 11.6. The van der Waals surface area contributed by atoms with Gasteiger partial charge in [-0.3, -0.25) is 14.6 Å². The Morgan fingerprint density at radius 1 is 1.21 bits per heavy atom. The molecule has 2 aromatic rings. The molecule has 1 aliphatic heterocycles. The highest BCUT2D eigenvalue weighted by atomic mass is 16.4. The highest BCUT2D eigenvalue weighted by Crippen LogP contribution is 2.44. The number of likely N-dealkylation sites (tertiary alicyclic amines) is 1. The molecular formula is C17H18N4O3. The number of rotatable bonds is 4. The molecule has 0 unspecified atom stereocenters. The van der Waals surface area contributed by atoms with Gasteiger partial charge in [0.2, 0.25) is 0 Å². The predicted octanol–water partition coefficient (Wildman–Crippen LogP) is 1.45. The van der Waals surface area contributed by atoms with Crippen LogP contribution in [-0.2, 0) is 4.79 Å². The fourth-order valence-corrected chi connectivity index (χ4v) is 3.52. The minimum atomic E-state index is -0.805. The standard InChI is InChI=1S/C17H18N4O3/c22-16(15-8-12(4-6-18-15)21-7-1-5-19-21)20-9-13(11-2-3-11)14(10-20)17(23)24/h1,4-8,11,13-14H,2-3,9-10H2,(H,23,24)/t13-,14+/m1/s1. The van der Waals surface area contributed by atoms with Gasteiger partial charge in [-0.25, -0.2) is 4.68 Å². The summed E-state index contributed by atoms with van der Waals surface area (Å²) in [5.41, 5.74) is 1.08. The van der Waals surface area contributed by atoms with Crippen LogP contribution in [0.1, 0.15) is 23.3 Å². The van der Waals surface area contributed by atoms with Crippen molar-refractivity contribution in [2.45, 2.75) is 12.8 Å². The second kappa shape index (κ2) is 5.74. The molecule has 7 nitrogen and oxygen atoms in total. The van der Waals surface area contributed by atoms with E-state index in [0.29, 0.717) is 18.2 Å². The van der Waals surface area contributed by atoms with Crippen molar-refractivity contribution in [2.24, 2.45) is 17.8 Å². The molecule has 1 amide bonds. The van der Waals surface area contributed by atoms with E-state index < -0.39 is 11.9 Å². The summed E-state index contributed by atoms with van der Waals surface area (Å²) in [4.78, 5) is 30.1. The first-order valence-corrected chi connectivity index (χ1v) is 8.11. The zero-order valence-electron chi connectivity index (χ0n) is 13.1. The van der Waals surface area contributed by atoms with Crippen LogP contribution >= 0.6 is 0 Å². The van der Waals surface area contributed by atoms with Crippen molar-refractivity contribution in [3.05, 3.63) is 42.5 Å². The van der Waals surface area contributed by atoms with Crippen LogP contribution in [0.5, 0.6) is 0 Å². The van der Waals surface area contributed by atoms with Gasteiger partial charge in [-0.1, -0.05) is 0 Å². The molecule has 1 saturated heterocycles. The van der Waals surface area contributed by atoms with Gasteiger partial charge in [-0.05, 0) is 42.9 Å². The van der Waals surface area contributed by atoms with Crippen LogP contribution in [0.25, 0.3) is 5.69 Å². The van der Waals surface area contributed by atoms with Crippen molar-refractivity contribution < 1.29 is 14.7 Å². The molecule has 24 heavy (non-hydrogen) atoms. The second-order valence-electron chi connectivity index (χ2n) is 6.51. The topological polar surface area (TPSA) is 88.3 Å². The number of carboxylic acids is 1. The Balaban J connectivity index is 1.56. The van der Waals surface area contributed by atoms with Gasteiger partial charge in [0.25, 0.3) is 5.91 Å². The number of hydrogen-bond acceptors (Lipinski definition) is 4. The van der Waals surface area contributed by atoms with Crippen molar-refractivity contribution in [3.63, 3.8) is 0 Å². The van der Waals surface area contributed by atoms with E-state index in [-0.39, 0.29) is 18.4 Å². The van der Waals surface area contributed by atoms with Gasteiger partial charge >= 0.3 is 5.97 Å². The highest BCUT2D eigenvalue weighted by molar-refractivity contribution is 5.93. The summed E-state index contributed by atoms with van der Waals surface area (Å²) < 4.78 is 1.66. The summed E-state index contributed by atoms with van der Waals surface area (Å²) in [5, 5.41) is 13.6. The van der Waals surface area contributed by atoms with E-state index in [4.69, 9.17) is 0 Å². The molecule has 124 valence electrons. The molecule has 1 N–H and O–H groups in total. The molecule has 2 fully saturated rings. The van der Waals surface area contributed by atoms with Crippen LogP contribution in [0.15, 0.2) is 36.8 Å². The number of hydrogen-bond donors (Lipinski definition) is 1. The van der Waals surface area contributed by atoms with Gasteiger partial charge in [0.1, 0.15) is 5.69 Å². The van der Waals surface area contributed by atoms with Crippen molar-refractivity contribution in [2.75, 3.05) is 13.1 Å². The first-order valence-electron chi connectivity index (χ1n) is 8.11. The SMILES string of the molecule is O=C(O)[C@H]1CN(C(=O)c2cc(-n3cccn3)ccn2)C[C@@H]1C1CC1. The molecule has 7 heteroatoms. The number of carbonyl (C=O) groups excluding carboxylic acids is 1. The van der Waals surface area contributed by atoms with Crippen molar-refractivity contribution in [1.29, 1.82) is 0 Å². The Morgan fingerprint density at radius 3 is 2.71 bits per heavy atom. The maximum atomic E-state index is 12.8. The lowest BCUT2D eigenvalue weighted by Crippen LogP contribution is -2.30. The number of nitrogens with zero attached hydrogens (tertiary/aromatic N) is 4. The Morgan fingerprint density at radius 2 is 2.04 bits per heavy atom. The lowest BCUT2D eigenvalue weighted by Gasteiger charge is -2.16. The predicted molar refractivity (Wildman–Crippen MR) is 84.6 cm³/mol. The van der Waals surface area contributed by atoms with Crippen LogP contribution in [-0.4, -0.2) is 49.7 Å². The van der Waals surface area contributed by atoms with Gasteiger partial charge in [0, 0.05) is 31.7 Å². The molecule has 1 aliphatic carbocycles. The molecule has 0 aromatic carbocycles. The maximum absolute atomic E-state index is 12.8. The molecule has 3 heterocycles. The first kappa shape index (κ1) is 14.9. The zero-order chi connectivity index (χ0) is 16.7. The number of aromatic nitrogens is 3. The fraction of sp³-hybridized carbons (Fsp3) is 0.412. The van der Waals surface area contributed by atoms with E-state index in [2.05, 4.69) is 10.1 Å². The van der Waals surface area contributed by atoms with Gasteiger partial charge in [-0.15, -0.1) is 0 Å². The number of amides is 1. The number of aliphatic carboxylic acids is 1. The van der Waals surface area contributed by atoms with E-state index in [1.54, 1.807) is 46.4 Å². The minimum absolute atomic E-state index is 0.0701. The monoisotopic (exact) mass is 326 g/mol. The average molecular weight is 326 g/mol. The van der Waals surface area contributed by atoms with E-state index in [1.165, 1.54) is 0 Å². The number of carboxylic acid groups (broad SMARTS) is 1. The minimum Gasteiger partial charge on any atom is -0.481 e. The smallest absolute Gasteiger partial charge is 0.308 e. The molecule has 2 aliphatic rings. The largest absolute Gasteiger partial charge is 0.481 e. The van der Waals surface area contributed by atoms with Crippen molar-refractivity contribution in [1.82, 2.24) is 19.7 Å². The molecular weight excluding hydrogens is 308 g/mol. The lowest BCUT2D eigenvalue weighted by atomic mass is 9.92. The average Bonchev–Trinajstić information content (AvgIpc) is 3.12. The summed E-state index contributed by atoms with van der Waals surface area (Å²) >= 11 is 0. The van der Waals surface area contributed by atoms with Crippen LogP contribution in [0.4, 0.5) is 0 Å². The third-order valence-electron chi connectivity index (χ3n) is 4.93. The number of pyridine rings is 1. The Hall–Kier alpha value is -2.70. The van der Waals surface area contributed by atoms with E-state index >= 15 is 0 Å². The molecule has 2 aromatic heterocycles. The normalized spacial score (nSPS) is 23.4. The van der Waals surface area contributed by atoms with Crippen LogP contribution in [0.2, 0.25) is 0 Å². The van der Waals surface area contributed by atoms with Crippen LogP contribution in [0, 0.1) is 17.8 Å². The molecule has 0 bridgehead atoms. The number of carbonyl (C=O) groups is 2. The summed E-state index contributed by atoms with van der Waals surface area (Å²) in [7, 11) is 0. The Labute approximate surface area is 138 Å². The highest BCUT2D eigenvalue weighted by Gasteiger charge is 2.47. The van der Waals surface area contributed by atoms with Crippen molar-refractivity contribution in [3.8, 4) is 5.69 Å². The third kappa shape index (κ3) is 2.66. The fourth-order valence-electron chi connectivity index (χ4n) is 3.52. The van der Waals surface area contributed by atoms with Crippen LogP contribution < -0.4 is 0 Å². The van der Waals surface area contributed by atoms with Crippen LogP contribution in [0.3, 0.4) is 0 Å². The third-order valence-corrected chi connectivity index (χ3v) is 4.93. The summed E-state index contributed by atoms with van der Waals surface area (Å²) in [5.74, 6) is -0.956. The van der Waals surface area contributed by atoms with Gasteiger partial charge < -0.3 is 10.0 Å². The lowest BCUT2D eigenvalue weighted by molar-refractivity contribution is -0.142. The summed E-state index contributed by atoms with van der Waals surface area (Å²) in [6.07, 6.45) is 7.18. The Bertz CT molecular complexity index is 770. The van der Waals surface area contributed by atoms with E-state index in [0.717, 1.165) is 18.5 Å². The van der Waals surface area contributed by atoms with Gasteiger partial charge in [0.05, 0.1) is 11.6 Å². The van der Waals surface area contributed by atoms with Gasteiger partial charge in [0.15, 0.2) is 0 Å². The van der Waals surface area contributed by atoms with E-state index in [1.807, 2.05) is 0 Å². The maximum Gasteiger partial charge on any atom is 0.308 e. The molecule has 2 atom stereocenters. The quantitative estimate of drug-likeness (QED) is 0.919. The second-order valence-corrected chi connectivity index (χ2v) is 6.51. The molecule has 0 radical (unpaired) electrons. The van der Waals surface area contributed by atoms with Gasteiger partial charge in [-0.2, -0.15) is 5.10 Å². The summed E-state index contributed by atoms with van der Waals surface area (Å²) in [6.45, 7) is 0.775.